The van der Waals surface area contributed by atoms with Gasteiger partial charge in [-0.15, -0.1) is 11.3 Å². The number of aromatic nitrogens is 1. The van der Waals surface area contributed by atoms with E-state index in [4.69, 9.17) is 5.14 Å². The number of para-hydroxylation sites is 1. The third kappa shape index (κ3) is 5.96. The van der Waals surface area contributed by atoms with Crippen molar-refractivity contribution in [1.29, 1.82) is 0 Å². The Labute approximate surface area is 180 Å². The van der Waals surface area contributed by atoms with E-state index in [2.05, 4.69) is 15.2 Å². The van der Waals surface area contributed by atoms with Crippen LogP contribution in [0.25, 0.3) is 0 Å². The van der Waals surface area contributed by atoms with E-state index in [0.717, 1.165) is 22.0 Å². The zero-order valence-corrected chi connectivity index (χ0v) is 18.4. The van der Waals surface area contributed by atoms with Gasteiger partial charge in [-0.1, -0.05) is 30.3 Å². The Morgan fingerprint density at radius 1 is 1.20 bits per heavy atom. The molecule has 2 aromatic carbocycles. The van der Waals surface area contributed by atoms with Crippen molar-refractivity contribution >= 4 is 33.0 Å². The van der Waals surface area contributed by atoms with Gasteiger partial charge in [-0.05, 0) is 43.8 Å². The zero-order chi connectivity index (χ0) is 21.7. The van der Waals surface area contributed by atoms with Gasteiger partial charge in [0.2, 0.25) is 15.9 Å². The highest BCUT2D eigenvalue weighted by Crippen LogP contribution is 2.23. The molecule has 1 aromatic heterocycles. The molecular formula is C21H24N4O3S2. The molecule has 1 unspecified atom stereocenters. The van der Waals surface area contributed by atoms with Crippen LogP contribution in [0.15, 0.2) is 64.9 Å². The lowest BCUT2D eigenvalue weighted by atomic mass is 10.1. The van der Waals surface area contributed by atoms with Gasteiger partial charge in [-0.3, -0.25) is 9.69 Å². The van der Waals surface area contributed by atoms with E-state index in [1.807, 2.05) is 55.7 Å². The average molecular weight is 445 g/mol. The van der Waals surface area contributed by atoms with Gasteiger partial charge in [0.25, 0.3) is 0 Å². The Kier molecular flexibility index (Phi) is 6.99. The largest absolute Gasteiger partial charge is 0.326 e. The van der Waals surface area contributed by atoms with E-state index in [9.17, 15) is 13.2 Å². The van der Waals surface area contributed by atoms with Gasteiger partial charge in [0.05, 0.1) is 17.0 Å². The highest BCUT2D eigenvalue weighted by molar-refractivity contribution is 7.89. The van der Waals surface area contributed by atoms with Crippen molar-refractivity contribution in [3.05, 3.63) is 76.2 Å². The van der Waals surface area contributed by atoms with E-state index in [1.165, 1.54) is 17.4 Å². The topological polar surface area (TPSA) is 105 Å². The predicted molar refractivity (Wildman–Crippen MR) is 119 cm³/mol. The molecule has 30 heavy (non-hydrogen) atoms. The monoisotopic (exact) mass is 444 g/mol. The van der Waals surface area contributed by atoms with Crippen molar-refractivity contribution < 1.29 is 13.2 Å². The average Bonchev–Trinajstić information content (AvgIpc) is 3.14. The summed E-state index contributed by atoms with van der Waals surface area (Å²) in [4.78, 5) is 18.9. The highest BCUT2D eigenvalue weighted by Gasteiger charge is 2.17. The van der Waals surface area contributed by atoms with Crippen LogP contribution in [-0.4, -0.2) is 31.3 Å². The van der Waals surface area contributed by atoms with Crippen LogP contribution in [0.1, 0.15) is 29.2 Å². The minimum absolute atomic E-state index is 0.0433. The number of nitrogens with zero attached hydrogens (tertiary/aromatic N) is 2. The number of carbonyl (C=O) groups excluding carboxylic acids is 1. The van der Waals surface area contributed by atoms with E-state index in [0.29, 0.717) is 6.54 Å². The Bertz CT molecular complexity index is 1110. The van der Waals surface area contributed by atoms with Gasteiger partial charge in [-0.2, -0.15) is 0 Å². The molecule has 0 aliphatic heterocycles. The molecule has 0 saturated carbocycles. The van der Waals surface area contributed by atoms with Gasteiger partial charge < -0.3 is 5.32 Å². The Balaban J connectivity index is 1.60. The maximum atomic E-state index is 12.2. The number of thiazole rings is 1. The van der Waals surface area contributed by atoms with Crippen molar-refractivity contribution in [2.45, 2.75) is 30.8 Å². The molecule has 0 aliphatic rings. The van der Waals surface area contributed by atoms with Gasteiger partial charge in [0.15, 0.2) is 0 Å². The number of amides is 1. The summed E-state index contributed by atoms with van der Waals surface area (Å²) < 4.78 is 23.2. The number of sulfonamides is 1. The fourth-order valence-corrected chi connectivity index (χ4v) is 4.32. The molecule has 0 saturated heterocycles. The smallest absolute Gasteiger partial charge is 0.238 e. The number of nitrogens with one attached hydrogen (secondary N) is 1. The predicted octanol–water partition coefficient (Wildman–Crippen LogP) is 3.16. The molecule has 0 radical (unpaired) electrons. The molecule has 158 valence electrons. The van der Waals surface area contributed by atoms with Crippen molar-refractivity contribution in [2.75, 3.05) is 12.4 Å². The number of carbonyl (C=O) groups is 1. The maximum absolute atomic E-state index is 12.2. The first-order chi connectivity index (χ1) is 14.2. The first kappa shape index (κ1) is 22.1. The van der Waals surface area contributed by atoms with Crippen molar-refractivity contribution in [2.24, 2.45) is 5.14 Å². The summed E-state index contributed by atoms with van der Waals surface area (Å²) in [6.45, 7) is 2.56. The molecule has 0 spiro atoms. The zero-order valence-electron chi connectivity index (χ0n) is 16.8. The normalized spacial score (nSPS) is 12.7. The summed E-state index contributed by atoms with van der Waals surface area (Å²) >= 11 is 1.45. The molecule has 3 aromatic rings. The molecular weight excluding hydrogens is 420 g/mol. The molecule has 1 heterocycles. The molecule has 0 aliphatic carbocycles. The van der Waals surface area contributed by atoms with Gasteiger partial charge in [-0.25, -0.2) is 18.5 Å². The van der Waals surface area contributed by atoms with Crippen molar-refractivity contribution in [3.8, 4) is 0 Å². The van der Waals surface area contributed by atoms with Gasteiger partial charge in [0.1, 0.15) is 5.01 Å². The lowest BCUT2D eigenvalue weighted by molar-refractivity contribution is -0.115. The third-order valence-corrected chi connectivity index (χ3v) is 6.52. The standard InChI is InChI=1S/C21H24N4O3S2/c1-15(16-7-6-10-19(11-16)30(22,27)28)25(2)13-18-14-29-21(24-18)12-20(26)23-17-8-4-3-5-9-17/h3-11,14-15H,12-13H2,1-2H3,(H,23,26)(H2,22,27,28). The van der Waals surface area contributed by atoms with Crippen LogP contribution in [0.4, 0.5) is 5.69 Å². The van der Waals surface area contributed by atoms with Crippen LogP contribution >= 0.6 is 11.3 Å². The van der Waals surface area contributed by atoms with E-state index >= 15 is 0 Å². The molecule has 1 atom stereocenters. The number of hydrogen-bond donors (Lipinski definition) is 2. The Morgan fingerprint density at radius 2 is 1.93 bits per heavy atom. The van der Waals surface area contributed by atoms with E-state index in [1.54, 1.807) is 12.1 Å². The lowest BCUT2D eigenvalue weighted by Gasteiger charge is -2.24. The van der Waals surface area contributed by atoms with E-state index < -0.39 is 10.0 Å². The molecule has 3 rings (SSSR count). The molecule has 7 nitrogen and oxygen atoms in total. The number of rotatable bonds is 8. The third-order valence-electron chi connectivity index (χ3n) is 4.71. The summed E-state index contributed by atoms with van der Waals surface area (Å²) in [5.41, 5.74) is 2.47. The molecule has 0 bridgehead atoms. The number of benzene rings is 2. The molecule has 1 amide bonds. The number of anilines is 1. The summed E-state index contributed by atoms with van der Waals surface area (Å²) in [6, 6.07) is 15.9. The molecule has 0 fully saturated rings. The van der Waals surface area contributed by atoms with Crippen LogP contribution in [0.2, 0.25) is 0 Å². The van der Waals surface area contributed by atoms with Crippen LogP contribution in [0, 0.1) is 0 Å². The van der Waals surface area contributed by atoms with Gasteiger partial charge in [0, 0.05) is 23.7 Å². The second-order valence-corrected chi connectivity index (χ2v) is 9.54. The summed E-state index contributed by atoms with van der Waals surface area (Å²) in [5, 5.41) is 10.8. The first-order valence-electron chi connectivity index (χ1n) is 9.33. The second kappa shape index (κ2) is 9.48. The summed E-state index contributed by atoms with van der Waals surface area (Å²) in [6.07, 6.45) is 0.217. The Hall–Kier alpha value is -2.59. The summed E-state index contributed by atoms with van der Waals surface area (Å²) in [5.74, 6) is -0.108. The number of primary sulfonamides is 1. The molecule has 3 N–H and O–H groups in total. The number of hydrogen-bond acceptors (Lipinski definition) is 6. The lowest BCUT2D eigenvalue weighted by Crippen LogP contribution is -2.22. The minimum Gasteiger partial charge on any atom is -0.326 e. The summed E-state index contributed by atoms with van der Waals surface area (Å²) in [7, 11) is -1.80. The SMILES string of the molecule is CC(c1cccc(S(N)(=O)=O)c1)N(C)Cc1csc(CC(=O)Nc2ccccc2)n1. The maximum Gasteiger partial charge on any atom is 0.238 e. The van der Waals surface area contributed by atoms with Crippen LogP contribution < -0.4 is 10.5 Å². The second-order valence-electron chi connectivity index (χ2n) is 7.03. The Morgan fingerprint density at radius 3 is 2.63 bits per heavy atom. The van der Waals surface area contributed by atoms with Crippen LogP contribution in [-0.2, 0) is 27.8 Å². The fourth-order valence-electron chi connectivity index (χ4n) is 2.97. The van der Waals surface area contributed by atoms with Crippen LogP contribution in [0.3, 0.4) is 0 Å². The highest BCUT2D eigenvalue weighted by atomic mass is 32.2. The molecule has 9 heteroatoms. The fraction of sp³-hybridized carbons (Fsp3) is 0.238. The van der Waals surface area contributed by atoms with Crippen molar-refractivity contribution in [1.82, 2.24) is 9.88 Å². The van der Waals surface area contributed by atoms with E-state index in [-0.39, 0.29) is 23.3 Å². The quantitative estimate of drug-likeness (QED) is 0.555. The van der Waals surface area contributed by atoms with Crippen molar-refractivity contribution in [3.63, 3.8) is 0 Å². The van der Waals surface area contributed by atoms with Crippen LogP contribution in [0.5, 0.6) is 0 Å². The van der Waals surface area contributed by atoms with Gasteiger partial charge >= 0.3 is 0 Å². The number of nitrogens with two attached hydrogens (primary N) is 1. The first-order valence-corrected chi connectivity index (χ1v) is 11.8. The minimum atomic E-state index is -3.74.